The molecule has 1 aliphatic carbocycles. The Bertz CT molecular complexity index is 519. The lowest BCUT2D eigenvalue weighted by atomic mass is 9.80. The summed E-state index contributed by atoms with van der Waals surface area (Å²) in [6, 6.07) is 14.5. The maximum absolute atomic E-state index is 9.15. The maximum atomic E-state index is 9.15. The fourth-order valence-corrected chi connectivity index (χ4v) is 2.48. The summed E-state index contributed by atoms with van der Waals surface area (Å²) in [6.45, 7) is 0. The van der Waals surface area contributed by atoms with Crippen molar-refractivity contribution in [1.29, 1.82) is 0 Å². The lowest BCUT2D eigenvalue weighted by molar-refractivity contribution is 0.402. The van der Waals surface area contributed by atoms with Crippen molar-refractivity contribution in [3.05, 3.63) is 48.0 Å². The first-order valence-corrected chi connectivity index (χ1v) is 5.61. The molecule has 2 atom stereocenters. The molecule has 16 heavy (non-hydrogen) atoms. The minimum atomic E-state index is -1.18. The Hall–Kier alpha value is -1.32. The van der Waals surface area contributed by atoms with Crippen LogP contribution in [0.5, 0.6) is 0 Å². The largest absolute Gasteiger partial charge is 0.455 e. The van der Waals surface area contributed by atoms with E-state index in [2.05, 4.69) is 24.3 Å². The monoisotopic (exact) mass is 212 g/mol. The molecule has 2 aromatic rings. The molecule has 0 aromatic heterocycles. The van der Waals surface area contributed by atoms with Crippen LogP contribution in [0.3, 0.4) is 0 Å². The third-order valence-electron chi connectivity index (χ3n) is 3.45. The quantitative estimate of drug-likeness (QED) is 0.749. The second-order valence-electron chi connectivity index (χ2n) is 4.49. The predicted molar refractivity (Wildman–Crippen MR) is 65.2 cm³/mol. The molecule has 0 unspecified atom stereocenters. The highest BCUT2D eigenvalue weighted by atomic mass is 16.4. The van der Waals surface area contributed by atoms with E-state index in [1.54, 1.807) is 0 Å². The van der Waals surface area contributed by atoms with E-state index in [0.29, 0.717) is 5.92 Å². The normalized spacial score (nSPS) is 23.4. The summed E-state index contributed by atoms with van der Waals surface area (Å²) < 4.78 is 0. The molecule has 0 radical (unpaired) electrons. The van der Waals surface area contributed by atoms with E-state index in [-0.39, 0.29) is 5.82 Å². The van der Waals surface area contributed by atoms with Gasteiger partial charge >= 0.3 is 7.12 Å². The van der Waals surface area contributed by atoms with Gasteiger partial charge in [-0.25, -0.2) is 0 Å². The molecule has 0 aliphatic heterocycles. The van der Waals surface area contributed by atoms with Crippen LogP contribution in [0.4, 0.5) is 0 Å². The summed E-state index contributed by atoms with van der Waals surface area (Å²) in [5, 5.41) is 20.8. The molecule has 2 N–H and O–H groups in total. The van der Waals surface area contributed by atoms with Crippen LogP contribution in [0.1, 0.15) is 17.9 Å². The van der Waals surface area contributed by atoms with Crippen molar-refractivity contribution in [2.24, 2.45) is 0 Å². The van der Waals surface area contributed by atoms with Crippen LogP contribution in [0.2, 0.25) is 5.82 Å². The molecule has 0 saturated heterocycles. The number of fused-ring (bicyclic) bond motifs is 1. The van der Waals surface area contributed by atoms with Crippen LogP contribution in [-0.4, -0.2) is 17.2 Å². The molecular formula is C13H13BO2. The van der Waals surface area contributed by atoms with Gasteiger partial charge in [0.05, 0.1) is 0 Å². The first-order valence-electron chi connectivity index (χ1n) is 5.61. The average molecular weight is 212 g/mol. The summed E-state index contributed by atoms with van der Waals surface area (Å²) >= 11 is 0. The lowest BCUT2D eigenvalue weighted by Crippen LogP contribution is -2.11. The molecule has 0 heterocycles. The van der Waals surface area contributed by atoms with Gasteiger partial charge < -0.3 is 10.0 Å². The Morgan fingerprint density at radius 2 is 1.75 bits per heavy atom. The predicted octanol–water partition coefficient (Wildman–Crippen LogP) is 2.17. The Morgan fingerprint density at radius 3 is 2.50 bits per heavy atom. The van der Waals surface area contributed by atoms with Gasteiger partial charge in [-0.15, -0.1) is 0 Å². The van der Waals surface area contributed by atoms with Crippen LogP contribution in [0.25, 0.3) is 10.8 Å². The SMILES string of the molecule is OB(O)[C@@H]1C[C@H]1c1cccc2ccccc12. The number of hydrogen-bond donors (Lipinski definition) is 2. The molecule has 0 spiro atoms. The molecule has 2 aromatic carbocycles. The van der Waals surface area contributed by atoms with Gasteiger partial charge in [-0.1, -0.05) is 42.5 Å². The van der Waals surface area contributed by atoms with Gasteiger partial charge in [0.15, 0.2) is 0 Å². The van der Waals surface area contributed by atoms with Crippen LogP contribution in [0.15, 0.2) is 42.5 Å². The van der Waals surface area contributed by atoms with Crippen molar-refractivity contribution in [3.8, 4) is 0 Å². The number of benzene rings is 2. The van der Waals surface area contributed by atoms with Crippen LogP contribution in [-0.2, 0) is 0 Å². The Kier molecular flexibility index (Phi) is 2.23. The van der Waals surface area contributed by atoms with Crippen LogP contribution in [0, 0.1) is 0 Å². The van der Waals surface area contributed by atoms with E-state index in [9.17, 15) is 0 Å². The van der Waals surface area contributed by atoms with Gasteiger partial charge in [0.1, 0.15) is 0 Å². The fraction of sp³-hybridized carbons (Fsp3) is 0.231. The van der Waals surface area contributed by atoms with Gasteiger partial charge in [-0.05, 0) is 28.7 Å². The number of rotatable bonds is 2. The molecule has 80 valence electrons. The molecule has 0 amide bonds. The first-order chi connectivity index (χ1) is 7.77. The smallest absolute Gasteiger partial charge is 0.427 e. The second-order valence-corrected chi connectivity index (χ2v) is 4.49. The third kappa shape index (κ3) is 1.53. The highest BCUT2D eigenvalue weighted by Gasteiger charge is 2.46. The van der Waals surface area contributed by atoms with Gasteiger partial charge in [-0.3, -0.25) is 0 Å². The molecule has 0 bridgehead atoms. The molecular weight excluding hydrogens is 199 g/mol. The zero-order chi connectivity index (χ0) is 11.1. The molecule has 2 nitrogen and oxygen atoms in total. The highest BCUT2D eigenvalue weighted by Crippen LogP contribution is 2.55. The molecule has 1 fully saturated rings. The summed E-state index contributed by atoms with van der Waals surface area (Å²) in [4.78, 5) is 0. The molecule has 3 heteroatoms. The second kappa shape index (κ2) is 3.61. The van der Waals surface area contributed by atoms with E-state index >= 15 is 0 Å². The van der Waals surface area contributed by atoms with E-state index < -0.39 is 7.12 Å². The highest BCUT2D eigenvalue weighted by molar-refractivity contribution is 6.44. The average Bonchev–Trinajstić information content (AvgIpc) is 3.08. The molecule has 1 saturated carbocycles. The van der Waals surface area contributed by atoms with E-state index in [0.717, 1.165) is 6.42 Å². The van der Waals surface area contributed by atoms with E-state index in [1.165, 1.54) is 16.3 Å². The van der Waals surface area contributed by atoms with Gasteiger partial charge in [0.25, 0.3) is 0 Å². The van der Waals surface area contributed by atoms with Crippen molar-refractivity contribution in [1.82, 2.24) is 0 Å². The van der Waals surface area contributed by atoms with Crippen molar-refractivity contribution in [3.63, 3.8) is 0 Å². The minimum absolute atomic E-state index is 0.0193. The van der Waals surface area contributed by atoms with Crippen molar-refractivity contribution < 1.29 is 10.0 Å². The summed E-state index contributed by atoms with van der Waals surface area (Å²) in [6.07, 6.45) is 0.881. The Labute approximate surface area is 94.7 Å². The van der Waals surface area contributed by atoms with Gasteiger partial charge in [-0.2, -0.15) is 0 Å². The van der Waals surface area contributed by atoms with E-state index in [1.807, 2.05) is 18.2 Å². The first kappa shape index (κ1) is 9.88. The van der Waals surface area contributed by atoms with E-state index in [4.69, 9.17) is 10.0 Å². The van der Waals surface area contributed by atoms with Gasteiger partial charge in [0.2, 0.25) is 0 Å². The standard InChI is InChI=1S/C13H13BO2/c15-14(16)13-8-12(13)11-7-3-5-9-4-1-2-6-10(9)11/h1-7,12-13,15-16H,8H2/t12-,13+/m0/s1. The minimum Gasteiger partial charge on any atom is -0.427 e. The lowest BCUT2D eigenvalue weighted by Gasteiger charge is -2.05. The summed E-state index contributed by atoms with van der Waals surface area (Å²) in [5.74, 6) is 0.330. The van der Waals surface area contributed by atoms with Gasteiger partial charge in [0, 0.05) is 5.82 Å². The molecule has 1 aliphatic rings. The summed E-state index contributed by atoms with van der Waals surface area (Å²) in [5.41, 5.74) is 1.25. The third-order valence-corrected chi connectivity index (χ3v) is 3.45. The van der Waals surface area contributed by atoms with Crippen LogP contribution >= 0.6 is 0 Å². The summed E-state index contributed by atoms with van der Waals surface area (Å²) in [7, 11) is -1.18. The van der Waals surface area contributed by atoms with Crippen molar-refractivity contribution in [2.45, 2.75) is 18.2 Å². The zero-order valence-corrected chi connectivity index (χ0v) is 8.88. The molecule has 3 rings (SSSR count). The topological polar surface area (TPSA) is 40.5 Å². The zero-order valence-electron chi connectivity index (χ0n) is 8.88. The fourth-order valence-electron chi connectivity index (χ4n) is 2.48. The Balaban J connectivity index is 2.05. The van der Waals surface area contributed by atoms with Crippen molar-refractivity contribution in [2.75, 3.05) is 0 Å². The number of hydrogen-bond acceptors (Lipinski definition) is 2. The van der Waals surface area contributed by atoms with Crippen LogP contribution < -0.4 is 0 Å². The maximum Gasteiger partial charge on any atom is 0.455 e. The Morgan fingerprint density at radius 1 is 1.00 bits per heavy atom. The van der Waals surface area contributed by atoms with Crippen molar-refractivity contribution >= 4 is 17.9 Å².